The van der Waals surface area contributed by atoms with Gasteiger partial charge in [0.25, 0.3) is 0 Å². The molecule has 1 fully saturated rings. The van der Waals surface area contributed by atoms with Gasteiger partial charge in [0.05, 0.1) is 5.92 Å². The lowest BCUT2D eigenvalue weighted by molar-refractivity contribution is -0.187. The van der Waals surface area contributed by atoms with E-state index in [1.54, 1.807) is 0 Å². The summed E-state index contributed by atoms with van der Waals surface area (Å²) in [4.78, 5) is 34.1. The van der Waals surface area contributed by atoms with Gasteiger partial charge in [-0.2, -0.15) is 0 Å². The summed E-state index contributed by atoms with van der Waals surface area (Å²) in [6, 6.07) is -0.668. The number of rotatable bonds is 10. The number of nitrogens with one attached hydrogen (secondary N) is 1. The molecule has 0 radical (unpaired) electrons. The minimum Gasteiger partial charge on any atom is -0.461 e. The van der Waals surface area contributed by atoms with Gasteiger partial charge in [0.1, 0.15) is 18.2 Å². The SMILES string of the molecule is C/C=C/CC[C@@H](C[C@@H]1OC(=O)[C@H]1C)OC(=O)[C@@H](NC=O)C(C)C. The third kappa shape index (κ3) is 5.69. The molecule has 0 bridgehead atoms. The zero-order valence-electron chi connectivity index (χ0n) is 14.3. The smallest absolute Gasteiger partial charge is 0.329 e. The second-order valence-corrected chi connectivity index (χ2v) is 6.21. The van der Waals surface area contributed by atoms with Crippen LogP contribution in [0.4, 0.5) is 0 Å². The van der Waals surface area contributed by atoms with Crippen LogP contribution in [0.2, 0.25) is 0 Å². The van der Waals surface area contributed by atoms with E-state index in [4.69, 9.17) is 9.47 Å². The Bertz CT molecular complexity index is 446. The number of carbonyl (C=O) groups excluding carboxylic acids is 3. The molecule has 0 unspecified atom stereocenters. The molecule has 1 heterocycles. The van der Waals surface area contributed by atoms with Crippen molar-refractivity contribution in [2.24, 2.45) is 11.8 Å². The number of hydrogen-bond acceptors (Lipinski definition) is 5. The van der Waals surface area contributed by atoms with Gasteiger partial charge in [0.2, 0.25) is 6.41 Å². The molecule has 1 saturated heterocycles. The van der Waals surface area contributed by atoms with Crippen LogP contribution in [0.15, 0.2) is 12.2 Å². The maximum Gasteiger partial charge on any atom is 0.329 e. The van der Waals surface area contributed by atoms with E-state index in [1.165, 1.54) is 0 Å². The minimum atomic E-state index is -0.668. The van der Waals surface area contributed by atoms with E-state index in [-0.39, 0.29) is 30.0 Å². The molecule has 0 aromatic heterocycles. The van der Waals surface area contributed by atoms with E-state index >= 15 is 0 Å². The number of carbonyl (C=O) groups is 3. The Morgan fingerprint density at radius 1 is 1.43 bits per heavy atom. The number of ether oxygens (including phenoxy) is 2. The normalized spacial score (nSPS) is 23.1. The predicted octanol–water partition coefficient (Wildman–Crippen LogP) is 1.98. The highest BCUT2D eigenvalue weighted by molar-refractivity contribution is 5.79. The Morgan fingerprint density at radius 2 is 2.13 bits per heavy atom. The van der Waals surface area contributed by atoms with Crippen molar-refractivity contribution in [3.05, 3.63) is 12.2 Å². The number of amides is 1. The molecule has 0 aromatic rings. The monoisotopic (exact) mass is 325 g/mol. The Morgan fingerprint density at radius 3 is 2.61 bits per heavy atom. The van der Waals surface area contributed by atoms with Crippen molar-refractivity contribution in [1.82, 2.24) is 5.32 Å². The minimum absolute atomic E-state index is 0.0654. The first kappa shape index (κ1) is 19.2. The molecule has 0 saturated carbocycles. The first-order valence-electron chi connectivity index (χ1n) is 8.12. The van der Waals surface area contributed by atoms with Crippen LogP contribution >= 0.6 is 0 Å². The summed E-state index contributed by atoms with van der Waals surface area (Å²) in [5, 5.41) is 2.50. The summed E-state index contributed by atoms with van der Waals surface area (Å²) in [6.45, 7) is 7.42. The standard InChI is InChI=1S/C17H27NO5/c1-5-6-7-8-13(9-14-12(4)16(20)23-14)22-17(21)15(11(2)3)18-10-19/h5-6,10-15H,7-9H2,1-4H3,(H,18,19)/b6-5+/t12-,13-,14-,15-/m0/s1. The maximum absolute atomic E-state index is 12.3. The highest BCUT2D eigenvalue weighted by Gasteiger charge is 2.40. The molecule has 4 atom stereocenters. The topological polar surface area (TPSA) is 81.7 Å². The molecule has 6 nitrogen and oxygen atoms in total. The second kappa shape index (κ2) is 9.33. The van der Waals surface area contributed by atoms with Crippen molar-refractivity contribution >= 4 is 18.3 Å². The van der Waals surface area contributed by atoms with Gasteiger partial charge in [-0.05, 0) is 32.6 Å². The molecule has 1 aliphatic rings. The molecule has 6 heteroatoms. The van der Waals surface area contributed by atoms with Crippen LogP contribution in [-0.4, -0.2) is 36.6 Å². The zero-order valence-corrected chi connectivity index (χ0v) is 14.3. The maximum atomic E-state index is 12.3. The molecular weight excluding hydrogens is 298 g/mol. The van der Waals surface area contributed by atoms with E-state index in [2.05, 4.69) is 5.32 Å². The molecule has 1 amide bonds. The van der Waals surface area contributed by atoms with Gasteiger partial charge in [-0.3, -0.25) is 9.59 Å². The van der Waals surface area contributed by atoms with Crippen molar-refractivity contribution in [2.45, 2.75) is 65.2 Å². The summed E-state index contributed by atoms with van der Waals surface area (Å²) in [7, 11) is 0. The van der Waals surface area contributed by atoms with Crippen LogP contribution in [0, 0.1) is 11.8 Å². The summed E-state index contributed by atoms with van der Waals surface area (Å²) >= 11 is 0. The summed E-state index contributed by atoms with van der Waals surface area (Å²) in [5.74, 6) is -0.886. The van der Waals surface area contributed by atoms with Crippen LogP contribution in [0.3, 0.4) is 0 Å². The van der Waals surface area contributed by atoms with Gasteiger partial charge in [-0.15, -0.1) is 0 Å². The van der Waals surface area contributed by atoms with Gasteiger partial charge in [-0.1, -0.05) is 26.0 Å². The fraction of sp³-hybridized carbons (Fsp3) is 0.706. The van der Waals surface area contributed by atoms with E-state index in [9.17, 15) is 14.4 Å². The fourth-order valence-electron chi connectivity index (χ4n) is 2.47. The summed E-state index contributed by atoms with van der Waals surface area (Å²) < 4.78 is 10.7. The molecule has 0 spiro atoms. The lowest BCUT2D eigenvalue weighted by atomic mass is 9.92. The molecule has 1 aliphatic heterocycles. The van der Waals surface area contributed by atoms with Crippen LogP contribution < -0.4 is 5.32 Å². The number of esters is 2. The van der Waals surface area contributed by atoms with Crippen molar-refractivity contribution in [2.75, 3.05) is 0 Å². The number of hydrogen-bond donors (Lipinski definition) is 1. The Hall–Kier alpha value is -1.85. The highest BCUT2D eigenvalue weighted by atomic mass is 16.6. The third-order valence-corrected chi connectivity index (χ3v) is 4.03. The van der Waals surface area contributed by atoms with Crippen molar-refractivity contribution in [3.63, 3.8) is 0 Å². The van der Waals surface area contributed by atoms with Crippen LogP contribution in [0.25, 0.3) is 0 Å². The lowest BCUT2D eigenvalue weighted by Crippen LogP contribution is -2.47. The molecule has 1 N–H and O–H groups in total. The number of allylic oxidation sites excluding steroid dienone is 2. The van der Waals surface area contributed by atoms with Crippen molar-refractivity contribution < 1.29 is 23.9 Å². The number of cyclic esters (lactones) is 1. The average molecular weight is 325 g/mol. The Kier molecular flexibility index (Phi) is 7.78. The summed E-state index contributed by atoms with van der Waals surface area (Å²) in [5.41, 5.74) is 0. The second-order valence-electron chi connectivity index (χ2n) is 6.21. The van der Waals surface area contributed by atoms with Gasteiger partial charge in [0.15, 0.2) is 0 Å². The Labute approximate surface area is 137 Å². The van der Waals surface area contributed by atoms with Crippen LogP contribution in [0.1, 0.15) is 47.0 Å². The van der Waals surface area contributed by atoms with Gasteiger partial charge >= 0.3 is 11.9 Å². The quantitative estimate of drug-likeness (QED) is 0.377. The van der Waals surface area contributed by atoms with Gasteiger partial charge in [0, 0.05) is 6.42 Å². The largest absolute Gasteiger partial charge is 0.461 e. The van der Waals surface area contributed by atoms with Crippen LogP contribution in [0.5, 0.6) is 0 Å². The lowest BCUT2D eigenvalue weighted by Gasteiger charge is -2.35. The molecule has 0 aliphatic carbocycles. The molecule has 1 rings (SSSR count). The van der Waals surface area contributed by atoms with Crippen molar-refractivity contribution in [3.8, 4) is 0 Å². The van der Waals surface area contributed by atoms with Crippen molar-refractivity contribution in [1.29, 1.82) is 0 Å². The van der Waals surface area contributed by atoms with Gasteiger partial charge in [-0.25, -0.2) is 4.79 Å². The fourth-order valence-corrected chi connectivity index (χ4v) is 2.47. The first-order valence-corrected chi connectivity index (χ1v) is 8.12. The molecule has 130 valence electrons. The molecular formula is C17H27NO5. The summed E-state index contributed by atoms with van der Waals surface area (Å²) in [6.07, 6.45) is 5.82. The average Bonchev–Trinajstić information content (AvgIpc) is 2.51. The van der Waals surface area contributed by atoms with E-state index < -0.39 is 12.0 Å². The van der Waals surface area contributed by atoms with Crippen LogP contribution in [-0.2, 0) is 23.9 Å². The predicted molar refractivity (Wildman–Crippen MR) is 85.4 cm³/mol. The molecule has 23 heavy (non-hydrogen) atoms. The zero-order chi connectivity index (χ0) is 17.4. The first-order chi connectivity index (χ1) is 10.9. The highest BCUT2D eigenvalue weighted by Crippen LogP contribution is 2.28. The Balaban J connectivity index is 2.64. The van der Waals surface area contributed by atoms with E-state index in [1.807, 2.05) is 39.8 Å². The van der Waals surface area contributed by atoms with E-state index in [0.717, 1.165) is 6.42 Å². The molecule has 0 aromatic carbocycles. The third-order valence-electron chi connectivity index (χ3n) is 4.03. The van der Waals surface area contributed by atoms with Gasteiger partial charge < -0.3 is 14.8 Å². The van der Waals surface area contributed by atoms with E-state index in [0.29, 0.717) is 19.3 Å².